The monoisotopic (exact) mass is 423 g/mol. The largest absolute Gasteiger partial charge is 0.435 e. The molecule has 0 spiro atoms. The number of carbonyl (C=O) groups excluding carboxylic acids is 2. The molecular formula is C21H23F2NO4S. The van der Waals surface area contributed by atoms with E-state index < -0.39 is 23.7 Å². The van der Waals surface area contributed by atoms with Crippen molar-refractivity contribution in [2.75, 3.05) is 0 Å². The number of halogens is 2. The molecule has 2 aromatic rings. The second-order valence-corrected chi connectivity index (χ2v) is 8.95. The zero-order chi connectivity index (χ0) is 21.6. The molecule has 156 valence electrons. The summed E-state index contributed by atoms with van der Waals surface area (Å²) < 4.78 is 34.8. The maximum Gasteiger partial charge on any atom is 0.387 e. The van der Waals surface area contributed by atoms with Crippen molar-refractivity contribution in [2.45, 2.75) is 64.8 Å². The van der Waals surface area contributed by atoms with Gasteiger partial charge >= 0.3 is 6.61 Å². The van der Waals surface area contributed by atoms with Crippen LogP contribution < -0.4 is 4.74 Å². The minimum absolute atomic E-state index is 0.0505. The molecule has 0 N–H and O–H groups in total. The van der Waals surface area contributed by atoms with Gasteiger partial charge in [-0.05, 0) is 58.4 Å². The Morgan fingerprint density at radius 3 is 2.14 bits per heavy atom. The first-order chi connectivity index (χ1) is 13.5. The van der Waals surface area contributed by atoms with Gasteiger partial charge in [-0.2, -0.15) is 8.78 Å². The van der Waals surface area contributed by atoms with Crippen LogP contribution in [-0.2, 0) is 20.7 Å². The Labute approximate surface area is 172 Å². The van der Waals surface area contributed by atoms with Crippen LogP contribution in [0, 0.1) is 0 Å². The second-order valence-electron chi connectivity index (χ2n) is 7.87. The Hall–Kier alpha value is -2.19. The van der Waals surface area contributed by atoms with Gasteiger partial charge in [0, 0.05) is 10.4 Å². The summed E-state index contributed by atoms with van der Waals surface area (Å²) in [5.74, 6) is -1.56. The van der Waals surface area contributed by atoms with Gasteiger partial charge in [-0.15, -0.1) is 11.3 Å². The van der Waals surface area contributed by atoms with E-state index >= 15 is 0 Å². The molecule has 0 radical (unpaired) electrons. The highest BCUT2D eigenvalue weighted by atomic mass is 32.1. The first-order valence-electron chi connectivity index (χ1n) is 9.30. The maximum atomic E-state index is 13.0. The molecule has 8 heteroatoms. The van der Waals surface area contributed by atoms with E-state index in [1.807, 2.05) is 6.92 Å². The summed E-state index contributed by atoms with van der Waals surface area (Å²) in [5.41, 5.74) is -1.06. The Bertz CT molecular complexity index is 909. The zero-order valence-electron chi connectivity index (χ0n) is 16.9. The lowest BCUT2D eigenvalue weighted by Gasteiger charge is -2.42. The molecule has 0 bridgehead atoms. The number of thiazole rings is 1. The van der Waals surface area contributed by atoms with Crippen molar-refractivity contribution in [3.8, 4) is 16.3 Å². The minimum Gasteiger partial charge on any atom is -0.435 e. The molecule has 0 unspecified atom stereocenters. The summed E-state index contributed by atoms with van der Waals surface area (Å²) in [4.78, 5) is 31.5. The zero-order valence-corrected chi connectivity index (χ0v) is 17.7. The second kappa shape index (κ2) is 7.57. The molecule has 1 aromatic heterocycles. The van der Waals surface area contributed by atoms with Crippen LogP contribution >= 0.6 is 11.3 Å². The first kappa shape index (κ1) is 21.5. The van der Waals surface area contributed by atoms with Gasteiger partial charge in [-0.3, -0.25) is 9.59 Å². The molecule has 1 aliphatic rings. The highest BCUT2D eigenvalue weighted by Gasteiger charge is 2.54. The number of aryl methyl sites for hydroxylation is 1. The van der Waals surface area contributed by atoms with Gasteiger partial charge in [0.2, 0.25) is 0 Å². The number of Topliss-reactive ketones (excluding diaryl/α,β-unsaturated/α-hetero) is 2. The molecule has 2 heterocycles. The Kier molecular flexibility index (Phi) is 5.62. The average Bonchev–Trinajstić information content (AvgIpc) is 3.04. The van der Waals surface area contributed by atoms with Gasteiger partial charge in [-0.25, -0.2) is 4.98 Å². The third-order valence-electron chi connectivity index (χ3n) is 4.87. The number of benzene rings is 1. The average molecular weight is 423 g/mol. The molecule has 1 fully saturated rings. The van der Waals surface area contributed by atoms with Gasteiger partial charge in [0.1, 0.15) is 27.9 Å². The van der Waals surface area contributed by atoms with Crippen LogP contribution in [0.2, 0.25) is 0 Å². The van der Waals surface area contributed by atoms with E-state index in [9.17, 15) is 18.4 Å². The molecule has 3 rings (SSSR count). The van der Waals surface area contributed by atoms with Gasteiger partial charge in [0.05, 0.1) is 5.69 Å². The van der Waals surface area contributed by atoms with Crippen LogP contribution in [0.4, 0.5) is 8.78 Å². The van der Waals surface area contributed by atoms with E-state index in [2.05, 4.69) is 9.72 Å². The van der Waals surface area contributed by atoms with Crippen LogP contribution in [0.25, 0.3) is 10.6 Å². The normalized spacial score (nSPS) is 19.0. The predicted molar refractivity (Wildman–Crippen MR) is 106 cm³/mol. The van der Waals surface area contributed by atoms with Crippen molar-refractivity contribution in [1.82, 2.24) is 4.98 Å². The molecule has 0 amide bonds. The van der Waals surface area contributed by atoms with E-state index in [-0.39, 0.29) is 17.3 Å². The van der Waals surface area contributed by atoms with Crippen molar-refractivity contribution in [2.24, 2.45) is 0 Å². The van der Waals surface area contributed by atoms with Crippen LogP contribution in [0.15, 0.2) is 24.3 Å². The van der Waals surface area contributed by atoms with Crippen molar-refractivity contribution in [3.05, 3.63) is 34.8 Å². The van der Waals surface area contributed by atoms with E-state index in [0.29, 0.717) is 22.7 Å². The Balaban J connectivity index is 2.02. The lowest BCUT2D eigenvalue weighted by molar-refractivity contribution is -0.184. The summed E-state index contributed by atoms with van der Waals surface area (Å²) in [5, 5.41) is 0.614. The van der Waals surface area contributed by atoms with Gasteiger partial charge < -0.3 is 9.47 Å². The SMILES string of the molecule is CCc1sc(-c2ccc(OC(F)F)cc2)nc1C1C(=O)C(C)(C)OC(C)(C)C1=O. The first-order valence-corrected chi connectivity index (χ1v) is 10.1. The summed E-state index contributed by atoms with van der Waals surface area (Å²) >= 11 is 1.39. The maximum absolute atomic E-state index is 13.0. The Morgan fingerprint density at radius 1 is 1.10 bits per heavy atom. The molecule has 1 saturated heterocycles. The lowest BCUT2D eigenvalue weighted by Crippen LogP contribution is -2.58. The van der Waals surface area contributed by atoms with Crippen LogP contribution in [0.1, 0.15) is 51.1 Å². The summed E-state index contributed by atoms with van der Waals surface area (Å²) in [6.07, 6.45) is 0.609. The van der Waals surface area contributed by atoms with Crippen molar-refractivity contribution in [1.29, 1.82) is 0 Å². The third-order valence-corrected chi connectivity index (χ3v) is 6.13. The number of nitrogens with zero attached hydrogens (tertiary/aromatic N) is 1. The number of ketones is 2. The fourth-order valence-electron chi connectivity index (χ4n) is 3.55. The van der Waals surface area contributed by atoms with Crippen LogP contribution in [-0.4, -0.2) is 34.4 Å². The van der Waals surface area contributed by atoms with E-state index in [1.165, 1.54) is 23.5 Å². The molecule has 0 saturated carbocycles. The quantitative estimate of drug-likeness (QED) is 0.648. The molecule has 29 heavy (non-hydrogen) atoms. The number of hydrogen-bond acceptors (Lipinski definition) is 6. The fraction of sp³-hybridized carbons (Fsp3) is 0.476. The van der Waals surface area contributed by atoms with E-state index in [4.69, 9.17) is 4.74 Å². The number of hydrogen-bond donors (Lipinski definition) is 0. The molecule has 5 nitrogen and oxygen atoms in total. The number of rotatable bonds is 5. The molecule has 0 aliphatic carbocycles. The molecule has 0 atom stereocenters. The van der Waals surface area contributed by atoms with Gasteiger partial charge in [0.25, 0.3) is 0 Å². The molecule has 1 aliphatic heterocycles. The minimum atomic E-state index is -2.89. The van der Waals surface area contributed by atoms with Gasteiger partial charge in [-0.1, -0.05) is 6.92 Å². The summed E-state index contributed by atoms with van der Waals surface area (Å²) in [6.45, 7) is 5.70. The van der Waals surface area contributed by atoms with Crippen LogP contribution in [0.3, 0.4) is 0 Å². The topological polar surface area (TPSA) is 65.5 Å². The fourth-order valence-corrected chi connectivity index (χ4v) is 4.59. The van der Waals surface area contributed by atoms with Crippen molar-refractivity contribution >= 4 is 22.9 Å². The van der Waals surface area contributed by atoms with E-state index in [0.717, 1.165) is 4.88 Å². The van der Waals surface area contributed by atoms with E-state index in [1.54, 1.807) is 39.8 Å². The standard InChI is InChI=1S/C21H23F2NO4S/c1-6-13-15(14-16(25)20(2,3)28-21(4,5)17(14)26)24-18(29-13)11-7-9-12(10-8-11)27-19(22)23/h7-10,14,19H,6H2,1-5H3. The summed E-state index contributed by atoms with van der Waals surface area (Å²) in [7, 11) is 0. The highest BCUT2D eigenvalue weighted by molar-refractivity contribution is 7.15. The van der Waals surface area contributed by atoms with Crippen LogP contribution in [0.5, 0.6) is 5.75 Å². The number of alkyl halides is 2. The highest BCUT2D eigenvalue weighted by Crippen LogP contribution is 2.41. The number of carbonyl (C=O) groups is 2. The molecular weight excluding hydrogens is 400 g/mol. The Morgan fingerprint density at radius 2 is 1.66 bits per heavy atom. The van der Waals surface area contributed by atoms with Gasteiger partial charge in [0.15, 0.2) is 11.6 Å². The smallest absolute Gasteiger partial charge is 0.387 e. The number of aromatic nitrogens is 1. The third kappa shape index (κ3) is 4.09. The molecule has 1 aromatic carbocycles. The van der Waals surface area contributed by atoms with Crippen molar-refractivity contribution in [3.63, 3.8) is 0 Å². The van der Waals surface area contributed by atoms with Crippen molar-refractivity contribution < 1.29 is 27.8 Å². The number of ether oxygens (including phenoxy) is 2. The summed E-state index contributed by atoms with van der Waals surface area (Å²) in [6, 6.07) is 6.12. The predicted octanol–water partition coefficient (Wildman–Crippen LogP) is 4.78. The lowest BCUT2D eigenvalue weighted by atomic mass is 9.76.